The lowest BCUT2D eigenvalue weighted by Crippen LogP contribution is -2.63. The second-order valence-electron chi connectivity index (χ2n) is 11.6. The van der Waals surface area contributed by atoms with Crippen LogP contribution in [0.25, 0.3) is 10.9 Å². The zero-order valence-electron chi connectivity index (χ0n) is 23.4. The van der Waals surface area contributed by atoms with Gasteiger partial charge in [0.2, 0.25) is 5.91 Å². The summed E-state index contributed by atoms with van der Waals surface area (Å²) in [6.07, 6.45) is 2.17. The van der Waals surface area contributed by atoms with Gasteiger partial charge in [-0.05, 0) is 68.0 Å². The van der Waals surface area contributed by atoms with Crippen molar-refractivity contribution in [3.05, 3.63) is 64.3 Å². The van der Waals surface area contributed by atoms with Gasteiger partial charge in [0.15, 0.2) is 0 Å². The van der Waals surface area contributed by atoms with Crippen molar-refractivity contribution in [1.29, 1.82) is 0 Å². The topological polar surface area (TPSA) is 66.8 Å². The van der Waals surface area contributed by atoms with Crippen molar-refractivity contribution in [1.82, 2.24) is 19.7 Å². The minimum absolute atomic E-state index is 0.126. The summed E-state index contributed by atoms with van der Waals surface area (Å²) in [7, 11) is 1.63. The molecular formula is C31H39BrN4O3. The van der Waals surface area contributed by atoms with Gasteiger partial charge in [0, 0.05) is 42.1 Å². The molecule has 2 aliphatic rings. The molecule has 0 saturated carbocycles. The van der Waals surface area contributed by atoms with Gasteiger partial charge in [0.05, 0.1) is 19.2 Å². The molecule has 0 unspecified atom stereocenters. The fourth-order valence-electron chi connectivity index (χ4n) is 6.37. The maximum Gasteiger partial charge on any atom is 0.271 e. The molecule has 0 spiro atoms. The smallest absolute Gasteiger partial charge is 0.271 e. The summed E-state index contributed by atoms with van der Waals surface area (Å²) in [6.45, 7) is 11.0. The molecule has 0 aliphatic carbocycles. The van der Waals surface area contributed by atoms with Crippen LogP contribution in [0.2, 0.25) is 0 Å². The molecular weight excluding hydrogens is 556 g/mol. The molecule has 8 heteroatoms. The van der Waals surface area contributed by atoms with Gasteiger partial charge in [0.1, 0.15) is 17.0 Å². The van der Waals surface area contributed by atoms with E-state index in [9.17, 15) is 9.59 Å². The number of likely N-dealkylation sites (tertiary alicyclic amines) is 1. The zero-order chi connectivity index (χ0) is 27.7. The Morgan fingerprint density at radius 2 is 1.87 bits per heavy atom. The van der Waals surface area contributed by atoms with Crippen LogP contribution in [0.4, 0.5) is 0 Å². The third kappa shape index (κ3) is 5.59. The number of methoxy groups -OCH3 is 1. The van der Waals surface area contributed by atoms with Gasteiger partial charge in [-0.25, -0.2) is 0 Å². The van der Waals surface area contributed by atoms with E-state index in [0.717, 1.165) is 52.7 Å². The zero-order valence-corrected chi connectivity index (χ0v) is 25.0. The van der Waals surface area contributed by atoms with E-state index in [-0.39, 0.29) is 11.8 Å². The Labute approximate surface area is 239 Å². The Hall–Kier alpha value is -2.84. The minimum atomic E-state index is -1.07. The lowest BCUT2D eigenvalue weighted by atomic mass is 9.92. The van der Waals surface area contributed by atoms with Crippen LogP contribution in [0.1, 0.15) is 49.7 Å². The minimum Gasteiger partial charge on any atom is -0.497 e. The Balaban J connectivity index is 1.39. The monoisotopic (exact) mass is 594 g/mol. The average molecular weight is 596 g/mol. The molecule has 5 rings (SSSR count). The van der Waals surface area contributed by atoms with Gasteiger partial charge in [-0.15, -0.1) is 0 Å². The van der Waals surface area contributed by atoms with Crippen LogP contribution in [-0.4, -0.2) is 65.0 Å². The van der Waals surface area contributed by atoms with E-state index in [4.69, 9.17) is 4.74 Å². The summed E-state index contributed by atoms with van der Waals surface area (Å²) in [5.41, 5.74) is 1.38. The van der Waals surface area contributed by atoms with Crippen molar-refractivity contribution in [3.8, 4) is 5.75 Å². The summed E-state index contributed by atoms with van der Waals surface area (Å²) in [5, 5.41) is 4.14. The molecule has 208 valence electrons. The van der Waals surface area contributed by atoms with Crippen LogP contribution in [0.3, 0.4) is 0 Å². The Morgan fingerprint density at radius 1 is 1.13 bits per heavy atom. The van der Waals surface area contributed by atoms with E-state index in [1.165, 1.54) is 6.42 Å². The van der Waals surface area contributed by atoms with Crippen molar-refractivity contribution in [2.24, 2.45) is 11.8 Å². The van der Waals surface area contributed by atoms with Gasteiger partial charge in [-0.2, -0.15) is 0 Å². The molecule has 7 nitrogen and oxygen atoms in total. The summed E-state index contributed by atoms with van der Waals surface area (Å²) < 4.78 is 8.35. The van der Waals surface area contributed by atoms with E-state index in [1.54, 1.807) is 12.0 Å². The first kappa shape index (κ1) is 27.7. The fourth-order valence-corrected chi connectivity index (χ4v) is 6.78. The van der Waals surface area contributed by atoms with Crippen molar-refractivity contribution < 1.29 is 14.3 Å². The van der Waals surface area contributed by atoms with Crippen LogP contribution in [0, 0.1) is 11.8 Å². The molecule has 0 bridgehead atoms. The molecule has 2 aliphatic heterocycles. The highest BCUT2D eigenvalue weighted by atomic mass is 79.9. The highest BCUT2D eigenvalue weighted by Gasteiger charge is 2.47. The summed E-state index contributed by atoms with van der Waals surface area (Å²) in [5.74, 6) is 1.87. The first-order valence-electron chi connectivity index (χ1n) is 13.9. The first-order chi connectivity index (χ1) is 18.7. The van der Waals surface area contributed by atoms with E-state index < -0.39 is 5.54 Å². The van der Waals surface area contributed by atoms with Gasteiger partial charge in [-0.3, -0.25) is 9.59 Å². The first-order valence-corrected chi connectivity index (χ1v) is 14.7. The van der Waals surface area contributed by atoms with Crippen LogP contribution < -0.4 is 10.1 Å². The van der Waals surface area contributed by atoms with Gasteiger partial charge in [-0.1, -0.05) is 48.0 Å². The predicted molar refractivity (Wildman–Crippen MR) is 158 cm³/mol. The molecule has 1 aromatic heterocycles. The normalized spacial score (nSPS) is 23.6. The second kappa shape index (κ2) is 11.3. The van der Waals surface area contributed by atoms with Gasteiger partial charge in [0.25, 0.3) is 5.91 Å². The van der Waals surface area contributed by atoms with E-state index in [2.05, 4.69) is 40.0 Å². The molecule has 2 aromatic carbocycles. The number of benzene rings is 2. The summed E-state index contributed by atoms with van der Waals surface area (Å²) >= 11 is 3.63. The highest BCUT2D eigenvalue weighted by molar-refractivity contribution is 9.10. The molecule has 2 amide bonds. The summed E-state index contributed by atoms with van der Waals surface area (Å²) in [6, 6.07) is 15.6. The number of amides is 2. The lowest BCUT2D eigenvalue weighted by molar-refractivity contribution is -0.133. The maximum atomic E-state index is 14.0. The van der Waals surface area contributed by atoms with Gasteiger partial charge < -0.3 is 24.4 Å². The van der Waals surface area contributed by atoms with Crippen molar-refractivity contribution in [3.63, 3.8) is 0 Å². The number of hydrogen-bond donors (Lipinski definition) is 1. The lowest BCUT2D eigenvalue weighted by Gasteiger charge is -2.44. The van der Waals surface area contributed by atoms with Crippen LogP contribution in [0.5, 0.6) is 5.75 Å². The molecule has 3 atom stereocenters. The number of nitrogens with one attached hydrogen (secondary N) is 1. The Bertz CT molecular complexity index is 1360. The molecule has 39 heavy (non-hydrogen) atoms. The molecule has 1 fully saturated rings. The number of carbonyl (C=O) groups is 2. The number of fused-ring (bicyclic) bond motifs is 3. The van der Waals surface area contributed by atoms with Crippen LogP contribution in [-0.2, 0) is 17.9 Å². The molecule has 1 saturated heterocycles. The largest absolute Gasteiger partial charge is 0.497 e. The number of aromatic nitrogens is 1. The standard InChI is InChI=1S/C31H39BrN4O3/c1-21-14-22(2)18-34(17-21)13-7-12-33-30(38)31(3)20-35-27-16-25(39-4)11-10-23(27)15-28(35)29(37)36(31)19-24-8-5-6-9-26(24)32/h5-6,8-11,15-16,21-22H,7,12-14,17-20H2,1-4H3,(H,33,38)/t21-,22-,31-/m1/s1. The van der Waals surface area contributed by atoms with Crippen LogP contribution in [0.15, 0.2) is 53.0 Å². The highest BCUT2D eigenvalue weighted by Crippen LogP contribution is 2.35. The average Bonchev–Trinajstić information content (AvgIpc) is 3.26. The van der Waals surface area contributed by atoms with E-state index in [1.807, 2.05) is 60.0 Å². The second-order valence-corrected chi connectivity index (χ2v) is 12.5. The maximum absolute atomic E-state index is 14.0. The number of piperidine rings is 1. The van der Waals surface area contributed by atoms with Crippen molar-refractivity contribution in [2.45, 2.75) is 52.2 Å². The third-order valence-electron chi connectivity index (χ3n) is 8.29. The SMILES string of the molecule is COc1ccc2cc3n(c2c1)C[C@](C)(C(=O)NCCCN1C[C@H](C)C[C@@H](C)C1)N(Cc1ccccc1Br)C3=O. The molecule has 0 radical (unpaired) electrons. The Kier molecular flexibility index (Phi) is 8.06. The molecule has 1 N–H and O–H groups in total. The number of halogens is 1. The number of ether oxygens (including phenoxy) is 1. The van der Waals surface area contributed by atoms with Crippen molar-refractivity contribution >= 4 is 38.6 Å². The quantitative estimate of drug-likeness (QED) is 0.359. The molecule has 3 aromatic rings. The number of hydrogen-bond acceptors (Lipinski definition) is 4. The third-order valence-corrected chi connectivity index (χ3v) is 9.07. The van der Waals surface area contributed by atoms with Crippen LogP contribution >= 0.6 is 15.9 Å². The predicted octanol–water partition coefficient (Wildman–Crippen LogP) is 5.31. The number of carbonyl (C=O) groups excluding carboxylic acids is 2. The number of rotatable bonds is 8. The Morgan fingerprint density at radius 3 is 2.59 bits per heavy atom. The van der Waals surface area contributed by atoms with E-state index >= 15 is 0 Å². The number of nitrogens with zero attached hydrogens (tertiary/aromatic N) is 3. The fraction of sp³-hybridized carbons (Fsp3) is 0.484. The van der Waals surface area contributed by atoms with Gasteiger partial charge >= 0.3 is 0 Å². The molecule has 3 heterocycles. The van der Waals surface area contributed by atoms with Crippen molar-refractivity contribution in [2.75, 3.05) is 33.3 Å². The summed E-state index contributed by atoms with van der Waals surface area (Å²) in [4.78, 5) is 32.2. The van der Waals surface area contributed by atoms with E-state index in [0.29, 0.717) is 37.2 Å².